The van der Waals surface area contributed by atoms with Crippen LogP contribution in [0.1, 0.15) is 59.4 Å². The molecular formula is C23H33ClN4O4. The van der Waals surface area contributed by atoms with E-state index in [9.17, 15) is 19.2 Å². The number of carbonyl (C=O) groups excluding carboxylic acids is 4. The molecular weight excluding hydrogens is 432 g/mol. The highest BCUT2D eigenvalue weighted by Gasteiger charge is 2.58. The predicted octanol–water partition coefficient (Wildman–Crippen LogP) is 3.04. The van der Waals surface area contributed by atoms with Crippen LogP contribution in [-0.2, 0) is 19.9 Å². The zero-order valence-corrected chi connectivity index (χ0v) is 20.2. The molecule has 2 N–H and O–H groups in total. The summed E-state index contributed by atoms with van der Waals surface area (Å²) < 4.78 is 0. The monoisotopic (exact) mass is 464 g/mol. The second-order valence-corrected chi connectivity index (χ2v) is 8.67. The van der Waals surface area contributed by atoms with Gasteiger partial charge in [-0.3, -0.25) is 24.2 Å². The third-order valence-electron chi connectivity index (χ3n) is 6.00. The van der Waals surface area contributed by atoms with Gasteiger partial charge in [-0.05, 0) is 50.8 Å². The molecule has 2 rings (SSSR count). The summed E-state index contributed by atoms with van der Waals surface area (Å²) in [5.74, 6) is -1.31. The van der Waals surface area contributed by atoms with Crippen molar-refractivity contribution >= 4 is 35.4 Å². The summed E-state index contributed by atoms with van der Waals surface area (Å²) >= 11 is 6.03. The van der Waals surface area contributed by atoms with E-state index in [1.807, 2.05) is 27.7 Å². The van der Waals surface area contributed by atoms with Crippen molar-refractivity contribution in [3.05, 3.63) is 34.9 Å². The van der Waals surface area contributed by atoms with E-state index in [2.05, 4.69) is 10.6 Å². The molecule has 1 fully saturated rings. The van der Waals surface area contributed by atoms with Crippen LogP contribution in [0.4, 0.5) is 4.79 Å². The van der Waals surface area contributed by atoms with E-state index in [1.54, 1.807) is 31.2 Å². The van der Waals surface area contributed by atoms with Gasteiger partial charge in [0.2, 0.25) is 11.8 Å². The van der Waals surface area contributed by atoms with Crippen molar-refractivity contribution in [3.8, 4) is 0 Å². The molecule has 3 atom stereocenters. The zero-order valence-electron chi connectivity index (χ0n) is 19.4. The van der Waals surface area contributed by atoms with Gasteiger partial charge in [0.15, 0.2) is 0 Å². The molecule has 1 aromatic rings. The first kappa shape index (κ1) is 25.6. The molecule has 0 radical (unpaired) electrons. The van der Waals surface area contributed by atoms with E-state index < -0.39 is 29.9 Å². The summed E-state index contributed by atoms with van der Waals surface area (Å²) in [6.07, 6.45) is 1.69. The van der Waals surface area contributed by atoms with Crippen molar-refractivity contribution in [2.45, 2.75) is 71.5 Å². The van der Waals surface area contributed by atoms with Crippen LogP contribution in [0.25, 0.3) is 0 Å². The smallest absolute Gasteiger partial charge is 0.328 e. The lowest BCUT2D eigenvalue weighted by Crippen LogP contribution is -2.51. The van der Waals surface area contributed by atoms with Crippen LogP contribution in [0.15, 0.2) is 24.3 Å². The first-order chi connectivity index (χ1) is 15.1. The van der Waals surface area contributed by atoms with Gasteiger partial charge in [0.05, 0.1) is 0 Å². The summed E-state index contributed by atoms with van der Waals surface area (Å²) in [5, 5.41) is 6.11. The lowest BCUT2D eigenvalue weighted by molar-refractivity contribution is -0.137. The normalized spacial score (nSPS) is 20.3. The first-order valence-electron chi connectivity index (χ1n) is 11.1. The van der Waals surface area contributed by atoms with Gasteiger partial charge in [-0.15, -0.1) is 0 Å². The summed E-state index contributed by atoms with van der Waals surface area (Å²) in [4.78, 5) is 54.4. The van der Waals surface area contributed by atoms with Gasteiger partial charge >= 0.3 is 6.03 Å². The Hall–Kier alpha value is -2.61. The second kappa shape index (κ2) is 10.8. The number of urea groups is 1. The first-order valence-corrected chi connectivity index (χ1v) is 11.5. The van der Waals surface area contributed by atoms with Crippen molar-refractivity contribution in [1.82, 2.24) is 20.4 Å². The molecule has 0 spiro atoms. The highest BCUT2D eigenvalue weighted by atomic mass is 35.5. The molecule has 1 aliphatic rings. The molecule has 0 aliphatic carbocycles. The van der Waals surface area contributed by atoms with Gasteiger partial charge < -0.3 is 10.6 Å². The van der Waals surface area contributed by atoms with Crippen LogP contribution in [-0.4, -0.2) is 58.7 Å². The Morgan fingerprint density at radius 3 is 1.91 bits per heavy atom. The number of benzene rings is 1. The number of halogens is 1. The van der Waals surface area contributed by atoms with Crippen LogP contribution in [0.3, 0.4) is 0 Å². The van der Waals surface area contributed by atoms with Gasteiger partial charge in [-0.25, -0.2) is 4.79 Å². The van der Waals surface area contributed by atoms with Crippen LogP contribution >= 0.6 is 11.6 Å². The fourth-order valence-corrected chi connectivity index (χ4v) is 3.89. The van der Waals surface area contributed by atoms with Crippen LogP contribution in [0.2, 0.25) is 5.02 Å². The van der Waals surface area contributed by atoms with Gasteiger partial charge in [-0.1, -0.05) is 44.5 Å². The van der Waals surface area contributed by atoms with E-state index in [1.165, 1.54) is 4.90 Å². The number of hydrogen-bond donors (Lipinski definition) is 2. The summed E-state index contributed by atoms with van der Waals surface area (Å²) in [5.41, 5.74) is -0.852. The minimum absolute atomic E-state index is 0.0696. The Balaban J connectivity index is 2.44. The Bertz CT molecular complexity index is 860. The number of nitrogens with one attached hydrogen (secondary N) is 2. The highest BCUT2D eigenvalue weighted by molar-refractivity contribution is 6.30. The molecule has 9 heteroatoms. The minimum atomic E-state index is -1.40. The SMILES string of the molecule is CC[C@H](C)NC(=O)CN1C(=O)N(CC(=O)N[C@@H](C)CC)[C@@](CC)(c2ccc(Cl)cc2)C1=O. The van der Waals surface area contributed by atoms with E-state index in [0.717, 1.165) is 17.7 Å². The van der Waals surface area contributed by atoms with Gasteiger partial charge in [0.25, 0.3) is 5.91 Å². The lowest BCUT2D eigenvalue weighted by Gasteiger charge is -2.34. The molecule has 1 aromatic carbocycles. The van der Waals surface area contributed by atoms with Crippen molar-refractivity contribution in [1.29, 1.82) is 0 Å². The number of amides is 5. The van der Waals surface area contributed by atoms with Gasteiger partial charge in [0.1, 0.15) is 18.6 Å². The number of imide groups is 1. The van der Waals surface area contributed by atoms with E-state index in [-0.39, 0.29) is 31.0 Å². The van der Waals surface area contributed by atoms with Gasteiger partial charge in [0, 0.05) is 17.1 Å². The van der Waals surface area contributed by atoms with Crippen LogP contribution < -0.4 is 10.6 Å². The number of nitrogens with zero attached hydrogens (tertiary/aromatic N) is 2. The minimum Gasteiger partial charge on any atom is -0.352 e. The quantitative estimate of drug-likeness (QED) is 0.520. The third-order valence-corrected chi connectivity index (χ3v) is 6.25. The Morgan fingerprint density at radius 2 is 1.44 bits per heavy atom. The number of rotatable bonds is 10. The van der Waals surface area contributed by atoms with Crippen molar-refractivity contribution in [3.63, 3.8) is 0 Å². The standard InChI is InChI=1S/C23H33ClN4O4/c1-6-15(4)25-19(29)13-27-21(31)23(8-3,17-9-11-18(24)12-10-17)28(22(27)32)14-20(30)26-16(5)7-2/h9-12,15-16H,6-8,13-14H2,1-5H3,(H,25,29)(H,26,30)/t15-,16-,23-/m0/s1. The third kappa shape index (κ3) is 5.23. The molecule has 1 heterocycles. The van der Waals surface area contributed by atoms with E-state index in [4.69, 9.17) is 11.6 Å². The molecule has 0 unspecified atom stereocenters. The summed E-state index contributed by atoms with van der Waals surface area (Å²) in [6, 6.07) is 5.83. The molecule has 176 valence electrons. The molecule has 8 nitrogen and oxygen atoms in total. The maximum atomic E-state index is 13.6. The molecule has 0 bridgehead atoms. The average molecular weight is 465 g/mol. The molecule has 5 amide bonds. The van der Waals surface area contributed by atoms with Gasteiger partial charge in [-0.2, -0.15) is 0 Å². The van der Waals surface area contributed by atoms with Crippen molar-refractivity contribution in [2.24, 2.45) is 0 Å². The maximum absolute atomic E-state index is 13.6. The highest BCUT2D eigenvalue weighted by Crippen LogP contribution is 2.40. The summed E-state index contributed by atoms with van der Waals surface area (Å²) in [7, 11) is 0. The molecule has 1 aliphatic heterocycles. The fourth-order valence-electron chi connectivity index (χ4n) is 3.76. The largest absolute Gasteiger partial charge is 0.352 e. The Labute approximate surface area is 194 Å². The molecule has 0 saturated carbocycles. The lowest BCUT2D eigenvalue weighted by atomic mass is 9.85. The van der Waals surface area contributed by atoms with E-state index in [0.29, 0.717) is 10.6 Å². The van der Waals surface area contributed by atoms with E-state index >= 15 is 0 Å². The maximum Gasteiger partial charge on any atom is 0.328 e. The zero-order chi connectivity index (χ0) is 24.1. The van der Waals surface area contributed by atoms with Crippen LogP contribution in [0.5, 0.6) is 0 Å². The average Bonchev–Trinajstić information content (AvgIpc) is 2.95. The molecule has 0 aromatic heterocycles. The van der Waals surface area contributed by atoms with Crippen molar-refractivity contribution in [2.75, 3.05) is 13.1 Å². The predicted molar refractivity (Wildman–Crippen MR) is 123 cm³/mol. The number of hydrogen-bond acceptors (Lipinski definition) is 4. The molecule has 32 heavy (non-hydrogen) atoms. The Kier molecular flexibility index (Phi) is 8.66. The van der Waals surface area contributed by atoms with Crippen molar-refractivity contribution < 1.29 is 19.2 Å². The molecule has 1 saturated heterocycles. The second-order valence-electron chi connectivity index (χ2n) is 8.23. The fraction of sp³-hybridized carbons (Fsp3) is 0.565. The summed E-state index contributed by atoms with van der Waals surface area (Å²) in [6.45, 7) is 8.67. The topological polar surface area (TPSA) is 98.8 Å². The Morgan fingerprint density at radius 1 is 0.938 bits per heavy atom. The number of carbonyl (C=O) groups is 4. The van der Waals surface area contributed by atoms with Crippen LogP contribution in [0, 0.1) is 0 Å².